The third kappa shape index (κ3) is 3.50. The smallest absolute Gasteiger partial charge is 0.341 e. The fourth-order valence-corrected chi connectivity index (χ4v) is 4.47. The van der Waals surface area contributed by atoms with E-state index in [4.69, 9.17) is 14.5 Å². The van der Waals surface area contributed by atoms with Gasteiger partial charge >= 0.3 is 5.97 Å². The molecule has 0 amide bonds. The van der Waals surface area contributed by atoms with Gasteiger partial charge in [0.1, 0.15) is 11.4 Å². The van der Waals surface area contributed by atoms with Crippen LogP contribution in [-0.2, 0) is 9.47 Å². The molecule has 0 unspecified atom stereocenters. The van der Waals surface area contributed by atoms with Gasteiger partial charge in [-0.1, -0.05) is 6.92 Å². The minimum absolute atomic E-state index is 0.115. The second-order valence-electron chi connectivity index (χ2n) is 8.50. The Morgan fingerprint density at radius 1 is 1.42 bits per heavy atom. The molecule has 31 heavy (non-hydrogen) atoms. The van der Waals surface area contributed by atoms with Gasteiger partial charge in [-0.15, -0.1) is 11.3 Å². The lowest BCUT2D eigenvalue weighted by Crippen LogP contribution is -2.55. The number of thiazole rings is 1. The number of anilines is 1. The third-order valence-electron chi connectivity index (χ3n) is 5.74. The van der Waals surface area contributed by atoms with E-state index in [9.17, 15) is 14.7 Å². The average molecular weight is 442 g/mol. The summed E-state index contributed by atoms with van der Waals surface area (Å²) in [6.45, 7) is 7.54. The third-order valence-corrected chi connectivity index (χ3v) is 6.51. The Morgan fingerprint density at radius 2 is 2.19 bits per heavy atom. The molecule has 3 aromatic rings. The first kappa shape index (κ1) is 20.1. The van der Waals surface area contributed by atoms with Crippen LogP contribution in [0.4, 0.5) is 5.82 Å². The summed E-state index contributed by atoms with van der Waals surface area (Å²) in [5, 5.41) is 12.1. The maximum atomic E-state index is 12.8. The summed E-state index contributed by atoms with van der Waals surface area (Å²) in [5.41, 5.74) is 0.369. The van der Waals surface area contributed by atoms with Gasteiger partial charge in [0.25, 0.3) is 0 Å². The van der Waals surface area contributed by atoms with Gasteiger partial charge < -0.3 is 19.5 Å². The van der Waals surface area contributed by atoms with Crippen LogP contribution in [0, 0.1) is 12.3 Å². The number of hydrogen-bond donors (Lipinski definition) is 1. The van der Waals surface area contributed by atoms with Crippen molar-refractivity contribution < 1.29 is 19.4 Å². The van der Waals surface area contributed by atoms with Crippen molar-refractivity contribution in [2.24, 2.45) is 5.41 Å². The number of aromatic carboxylic acids is 1. The van der Waals surface area contributed by atoms with E-state index in [1.165, 1.54) is 17.5 Å². The van der Waals surface area contributed by atoms with Crippen LogP contribution >= 0.6 is 11.3 Å². The summed E-state index contributed by atoms with van der Waals surface area (Å²) in [4.78, 5) is 35.6. The molecular formula is C21H22N4O5S. The van der Waals surface area contributed by atoms with Crippen molar-refractivity contribution in [3.05, 3.63) is 45.2 Å². The van der Waals surface area contributed by atoms with Crippen LogP contribution in [0.15, 0.2) is 28.6 Å². The maximum Gasteiger partial charge on any atom is 0.341 e. The summed E-state index contributed by atoms with van der Waals surface area (Å²) in [6, 6.07) is 1.83. The van der Waals surface area contributed by atoms with Crippen molar-refractivity contribution in [1.82, 2.24) is 14.5 Å². The lowest BCUT2D eigenvalue weighted by molar-refractivity contribution is -0.151. The van der Waals surface area contributed by atoms with E-state index in [0.717, 1.165) is 19.0 Å². The van der Waals surface area contributed by atoms with E-state index in [0.29, 0.717) is 41.4 Å². The monoisotopic (exact) mass is 442 g/mol. The number of rotatable bonds is 6. The maximum absolute atomic E-state index is 12.8. The summed E-state index contributed by atoms with van der Waals surface area (Å²) >= 11 is 1.35. The number of carboxylic acids is 1. The first-order valence-corrected chi connectivity index (χ1v) is 10.9. The molecule has 162 valence electrons. The zero-order chi connectivity index (χ0) is 21.8. The molecule has 0 atom stereocenters. The van der Waals surface area contributed by atoms with Gasteiger partial charge in [-0.05, 0) is 18.6 Å². The molecule has 5 rings (SSSR count). The van der Waals surface area contributed by atoms with E-state index in [1.54, 1.807) is 23.1 Å². The quantitative estimate of drug-likeness (QED) is 0.619. The number of ether oxygens (including phenoxy) is 2. The number of aryl methyl sites for hydroxylation is 1. The highest BCUT2D eigenvalue weighted by Gasteiger charge is 2.37. The molecule has 0 aliphatic carbocycles. The fraction of sp³-hybridized carbons (Fsp3) is 0.429. The molecule has 0 bridgehead atoms. The highest BCUT2D eigenvalue weighted by molar-refractivity contribution is 7.12. The number of nitrogens with zero attached hydrogens (tertiary/aromatic N) is 4. The Labute approximate surface area is 181 Å². The van der Waals surface area contributed by atoms with Gasteiger partial charge in [0.15, 0.2) is 10.8 Å². The number of fused-ring (bicyclic) bond motifs is 1. The lowest BCUT2D eigenvalue weighted by atomic mass is 9.90. The predicted octanol–water partition coefficient (Wildman–Crippen LogP) is 2.09. The minimum atomic E-state index is -1.27. The molecule has 5 heterocycles. The molecule has 2 aliphatic rings. The second kappa shape index (κ2) is 7.40. The standard InChI is InChI=1S/C21H22N4O5S/c1-12-5-15(24-6-13(7-24)30-11-21(2)9-29-10-21)23-18-16(12)17(26)14(19(27)28)8-25(18)20-22-3-4-31-20/h3-5,8,13H,6-7,9-11H2,1-2H3,(H,27,28). The molecule has 0 aromatic carbocycles. The van der Waals surface area contributed by atoms with Gasteiger partial charge in [0.2, 0.25) is 5.43 Å². The Balaban J connectivity index is 1.47. The summed E-state index contributed by atoms with van der Waals surface area (Å²) in [7, 11) is 0. The van der Waals surface area contributed by atoms with Crippen LogP contribution in [0.2, 0.25) is 0 Å². The average Bonchev–Trinajstić information content (AvgIpc) is 3.19. The van der Waals surface area contributed by atoms with E-state index >= 15 is 0 Å². The van der Waals surface area contributed by atoms with Crippen LogP contribution in [0.3, 0.4) is 0 Å². The summed E-state index contributed by atoms with van der Waals surface area (Å²) in [6.07, 6.45) is 3.07. The highest BCUT2D eigenvalue weighted by Crippen LogP contribution is 2.30. The van der Waals surface area contributed by atoms with E-state index in [1.807, 2.05) is 6.07 Å². The normalized spacial score (nSPS) is 18.1. The molecule has 10 heteroatoms. The number of aromatic nitrogens is 3. The zero-order valence-corrected chi connectivity index (χ0v) is 18.0. The van der Waals surface area contributed by atoms with Crippen LogP contribution in [0.1, 0.15) is 22.8 Å². The topological polar surface area (TPSA) is 107 Å². The van der Waals surface area contributed by atoms with Gasteiger partial charge in [-0.25, -0.2) is 14.8 Å². The van der Waals surface area contributed by atoms with Crippen molar-refractivity contribution in [3.8, 4) is 5.13 Å². The van der Waals surface area contributed by atoms with Crippen LogP contribution in [0.5, 0.6) is 0 Å². The molecule has 2 fully saturated rings. The van der Waals surface area contributed by atoms with Gasteiger partial charge in [0, 0.05) is 36.3 Å². The first-order valence-electron chi connectivity index (χ1n) is 9.99. The van der Waals surface area contributed by atoms with Crippen molar-refractivity contribution in [2.45, 2.75) is 20.0 Å². The highest BCUT2D eigenvalue weighted by atomic mass is 32.1. The minimum Gasteiger partial charge on any atom is -0.477 e. The van der Waals surface area contributed by atoms with E-state index < -0.39 is 11.4 Å². The zero-order valence-electron chi connectivity index (χ0n) is 17.2. The molecule has 0 saturated carbocycles. The Hall–Kier alpha value is -2.82. The molecular weight excluding hydrogens is 420 g/mol. The summed E-state index contributed by atoms with van der Waals surface area (Å²) < 4.78 is 12.9. The van der Waals surface area contributed by atoms with Gasteiger partial charge in [-0.3, -0.25) is 9.36 Å². The number of carbonyl (C=O) groups is 1. The van der Waals surface area contributed by atoms with Crippen molar-refractivity contribution >= 4 is 34.2 Å². The number of hydrogen-bond acceptors (Lipinski definition) is 8. The van der Waals surface area contributed by atoms with E-state index in [-0.39, 0.29) is 17.1 Å². The Kier molecular flexibility index (Phi) is 4.80. The summed E-state index contributed by atoms with van der Waals surface area (Å²) in [5.74, 6) is -0.537. The van der Waals surface area contributed by atoms with Crippen molar-refractivity contribution in [1.29, 1.82) is 0 Å². The lowest BCUT2D eigenvalue weighted by Gasteiger charge is -2.43. The molecule has 9 nitrogen and oxygen atoms in total. The van der Waals surface area contributed by atoms with E-state index in [2.05, 4.69) is 16.8 Å². The second-order valence-corrected chi connectivity index (χ2v) is 9.37. The molecule has 1 N–H and O–H groups in total. The molecule has 0 spiro atoms. The molecule has 2 aliphatic heterocycles. The fourth-order valence-electron chi connectivity index (χ4n) is 3.86. The number of pyridine rings is 2. The number of carboxylic acid groups (broad SMARTS) is 1. The molecule has 0 radical (unpaired) electrons. The van der Waals surface area contributed by atoms with Crippen LogP contribution in [0.25, 0.3) is 16.2 Å². The Morgan fingerprint density at radius 3 is 2.81 bits per heavy atom. The van der Waals surface area contributed by atoms with Crippen molar-refractivity contribution in [2.75, 3.05) is 37.8 Å². The van der Waals surface area contributed by atoms with Crippen LogP contribution in [-0.4, -0.2) is 64.6 Å². The van der Waals surface area contributed by atoms with Crippen LogP contribution < -0.4 is 10.3 Å². The van der Waals surface area contributed by atoms with Crippen molar-refractivity contribution in [3.63, 3.8) is 0 Å². The largest absolute Gasteiger partial charge is 0.477 e. The Bertz CT molecular complexity index is 1210. The van der Waals surface area contributed by atoms with Gasteiger partial charge in [0.05, 0.1) is 31.3 Å². The predicted molar refractivity (Wildman–Crippen MR) is 116 cm³/mol. The van der Waals surface area contributed by atoms with Gasteiger partial charge in [-0.2, -0.15) is 0 Å². The SMILES string of the molecule is Cc1cc(N2CC(OCC3(C)COC3)C2)nc2c1c(=O)c(C(=O)O)cn2-c1nccs1. The molecule has 3 aromatic heterocycles. The molecule has 2 saturated heterocycles. The first-order chi connectivity index (χ1) is 14.8.